The third-order valence-corrected chi connectivity index (χ3v) is 4.01. The lowest BCUT2D eigenvalue weighted by Gasteiger charge is -2.23. The summed E-state index contributed by atoms with van der Waals surface area (Å²) in [6.45, 7) is 4.47. The van der Waals surface area contributed by atoms with Crippen molar-refractivity contribution in [1.29, 1.82) is 0 Å². The molecule has 1 heteroatoms. The van der Waals surface area contributed by atoms with Gasteiger partial charge in [-0.1, -0.05) is 74.5 Å². The summed E-state index contributed by atoms with van der Waals surface area (Å²) in [4.78, 5) is 0. The van der Waals surface area contributed by atoms with Gasteiger partial charge in [0.05, 0.1) is 7.11 Å². The van der Waals surface area contributed by atoms with E-state index in [9.17, 15) is 0 Å². The van der Waals surface area contributed by atoms with Crippen LogP contribution in [0.1, 0.15) is 37.8 Å². The van der Waals surface area contributed by atoms with Crippen molar-refractivity contribution in [2.75, 3.05) is 7.11 Å². The van der Waals surface area contributed by atoms with Crippen LogP contribution in [0.2, 0.25) is 0 Å². The molecular weight excluding hydrogens is 268 g/mol. The van der Waals surface area contributed by atoms with E-state index in [0.29, 0.717) is 0 Å². The number of aryl methyl sites for hydroxylation is 1. The normalized spacial score (nSPS) is 11.8. The van der Waals surface area contributed by atoms with Gasteiger partial charge in [-0.2, -0.15) is 0 Å². The maximum atomic E-state index is 5.48. The Kier molecular flexibility index (Phi) is 5.83. The highest BCUT2D eigenvalue weighted by atomic mass is 16.5. The Bertz CT molecular complexity index is 596. The molecule has 2 aromatic carbocycles. The summed E-state index contributed by atoms with van der Waals surface area (Å²) in [5.41, 5.74) is 2.64. The van der Waals surface area contributed by atoms with E-state index in [1.54, 1.807) is 7.11 Å². The van der Waals surface area contributed by atoms with Crippen molar-refractivity contribution in [1.82, 2.24) is 0 Å². The van der Waals surface area contributed by atoms with Gasteiger partial charge in [0, 0.05) is 11.0 Å². The first-order valence-corrected chi connectivity index (χ1v) is 7.98. The third kappa shape index (κ3) is 4.49. The van der Waals surface area contributed by atoms with E-state index in [1.165, 1.54) is 17.5 Å². The number of rotatable bonds is 7. The first-order chi connectivity index (χ1) is 10.6. The molecule has 0 aliphatic carbocycles. The summed E-state index contributed by atoms with van der Waals surface area (Å²) in [7, 11) is 1.73. The van der Waals surface area contributed by atoms with E-state index < -0.39 is 0 Å². The zero-order valence-electron chi connectivity index (χ0n) is 13.9. The molecule has 0 heterocycles. The van der Waals surface area contributed by atoms with Gasteiger partial charge < -0.3 is 4.74 Å². The average molecular weight is 294 g/mol. The summed E-state index contributed by atoms with van der Waals surface area (Å²) in [5, 5.41) is 0. The summed E-state index contributed by atoms with van der Waals surface area (Å²) in [5.74, 6) is 0.960. The highest BCUT2D eigenvalue weighted by Gasteiger charge is 2.20. The molecule has 0 aromatic heterocycles. The molecule has 0 N–H and O–H groups in total. The Morgan fingerprint density at radius 2 is 1.64 bits per heavy atom. The molecule has 0 spiro atoms. The van der Waals surface area contributed by atoms with E-state index in [-0.39, 0.29) is 5.41 Å². The van der Waals surface area contributed by atoms with Crippen LogP contribution < -0.4 is 4.74 Å². The first kappa shape index (κ1) is 16.4. The van der Waals surface area contributed by atoms with Crippen LogP contribution in [0.25, 0.3) is 0 Å². The minimum atomic E-state index is -0.0145. The lowest BCUT2D eigenvalue weighted by Crippen LogP contribution is -2.14. The van der Waals surface area contributed by atoms with Crippen LogP contribution in [-0.4, -0.2) is 7.11 Å². The molecule has 1 nitrogen and oxygen atoms in total. The van der Waals surface area contributed by atoms with Gasteiger partial charge in [-0.15, -0.1) is 0 Å². The molecule has 0 aliphatic rings. The van der Waals surface area contributed by atoms with Gasteiger partial charge in [0.2, 0.25) is 0 Å². The van der Waals surface area contributed by atoms with E-state index in [1.807, 2.05) is 12.1 Å². The quantitative estimate of drug-likeness (QED) is 0.480. The van der Waals surface area contributed by atoms with Crippen molar-refractivity contribution in [3.63, 3.8) is 0 Å². The number of hydrogen-bond donors (Lipinski definition) is 0. The number of methoxy groups -OCH3 is 1. The maximum absolute atomic E-state index is 5.48. The van der Waals surface area contributed by atoms with E-state index in [4.69, 9.17) is 4.74 Å². The molecule has 0 atom stereocenters. The second-order valence-electron chi connectivity index (χ2n) is 6.20. The van der Waals surface area contributed by atoms with Crippen LogP contribution in [0.5, 0.6) is 5.75 Å². The van der Waals surface area contributed by atoms with Crippen molar-refractivity contribution >= 4 is 0 Å². The molecule has 0 saturated carbocycles. The fraction of sp³-hybridized carbons (Fsp3) is 0.333. The Labute approximate surface area is 134 Å². The average Bonchev–Trinajstić information content (AvgIpc) is 2.55. The molecule has 2 aromatic rings. The molecule has 2 rings (SSSR count). The van der Waals surface area contributed by atoms with Crippen molar-refractivity contribution < 1.29 is 4.74 Å². The Morgan fingerprint density at radius 3 is 2.36 bits per heavy atom. The van der Waals surface area contributed by atoms with Crippen LogP contribution in [0, 0.1) is 0 Å². The lowest BCUT2D eigenvalue weighted by atomic mass is 9.83. The Balaban J connectivity index is 1.91. The topological polar surface area (TPSA) is 9.23 Å². The van der Waals surface area contributed by atoms with Gasteiger partial charge in [0.25, 0.3) is 0 Å². The summed E-state index contributed by atoms with van der Waals surface area (Å²) in [6, 6.07) is 18.9. The fourth-order valence-electron chi connectivity index (χ4n) is 2.71. The number of hydrogen-bond acceptors (Lipinski definition) is 1. The smallest absolute Gasteiger partial charge is 0.122 e. The van der Waals surface area contributed by atoms with Crippen LogP contribution in [-0.2, 0) is 11.8 Å². The molecule has 0 amide bonds. The van der Waals surface area contributed by atoms with E-state index >= 15 is 0 Å². The summed E-state index contributed by atoms with van der Waals surface area (Å²) >= 11 is 0. The number of unbranched alkanes of at least 4 members (excludes halogenated alkanes) is 1. The van der Waals surface area contributed by atoms with Crippen LogP contribution >= 0.6 is 0 Å². The summed E-state index contributed by atoms with van der Waals surface area (Å²) in [6.07, 6.45) is 8.03. The zero-order chi connectivity index (χ0) is 15.8. The van der Waals surface area contributed by atoms with Crippen LogP contribution in [0.15, 0.2) is 66.7 Å². The molecule has 0 aliphatic heterocycles. The molecule has 0 saturated heterocycles. The minimum Gasteiger partial charge on any atom is -0.496 e. The van der Waals surface area contributed by atoms with Gasteiger partial charge in [-0.3, -0.25) is 0 Å². The monoisotopic (exact) mass is 294 g/mol. The third-order valence-electron chi connectivity index (χ3n) is 4.01. The van der Waals surface area contributed by atoms with Gasteiger partial charge in [-0.25, -0.2) is 0 Å². The van der Waals surface area contributed by atoms with Gasteiger partial charge in [-0.05, 0) is 30.9 Å². The molecule has 116 valence electrons. The predicted molar refractivity (Wildman–Crippen MR) is 94.5 cm³/mol. The number of allylic oxidation sites excluding steroid dienone is 2. The van der Waals surface area contributed by atoms with Crippen molar-refractivity contribution in [2.24, 2.45) is 0 Å². The Hall–Kier alpha value is -2.02. The van der Waals surface area contributed by atoms with E-state index in [0.717, 1.165) is 18.6 Å². The molecule has 0 fully saturated rings. The largest absolute Gasteiger partial charge is 0.496 e. The molecular formula is C21H26O. The van der Waals surface area contributed by atoms with Crippen molar-refractivity contribution in [3.8, 4) is 5.75 Å². The first-order valence-electron chi connectivity index (χ1n) is 7.98. The van der Waals surface area contributed by atoms with Crippen molar-refractivity contribution in [2.45, 2.75) is 38.5 Å². The number of benzene rings is 2. The second kappa shape index (κ2) is 7.84. The van der Waals surface area contributed by atoms with Gasteiger partial charge in [0.15, 0.2) is 0 Å². The van der Waals surface area contributed by atoms with Gasteiger partial charge in [0.1, 0.15) is 5.75 Å². The number of para-hydroxylation sites is 1. The Morgan fingerprint density at radius 1 is 0.955 bits per heavy atom. The van der Waals surface area contributed by atoms with Crippen LogP contribution in [0.3, 0.4) is 0 Å². The molecule has 0 bridgehead atoms. The van der Waals surface area contributed by atoms with E-state index in [2.05, 4.69) is 68.5 Å². The van der Waals surface area contributed by atoms with Crippen LogP contribution in [0.4, 0.5) is 0 Å². The fourth-order valence-corrected chi connectivity index (χ4v) is 2.71. The van der Waals surface area contributed by atoms with Crippen molar-refractivity contribution in [3.05, 3.63) is 77.9 Å². The standard InChI is InChI=1S/C21H26O/c1-21(2,19-15-9-10-16-20(19)22-3)17-11-5-8-14-18-12-6-4-7-13-18/h4,6-7,9-13,15-17H,5,8,14H2,1-3H3/b17-11+. The SMILES string of the molecule is COc1ccccc1C(C)(C)/C=C/CCCc1ccccc1. The van der Waals surface area contributed by atoms with Gasteiger partial charge >= 0.3 is 0 Å². The highest BCUT2D eigenvalue weighted by molar-refractivity contribution is 5.41. The lowest BCUT2D eigenvalue weighted by molar-refractivity contribution is 0.402. The predicted octanol–water partition coefficient (Wildman–Crippen LogP) is 5.55. The maximum Gasteiger partial charge on any atom is 0.122 e. The minimum absolute atomic E-state index is 0.0145. The molecule has 22 heavy (non-hydrogen) atoms. The molecule has 0 radical (unpaired) electrons. The number of ether oxygens (including phenoxy) is 1. The zero-order valence-corrected chi connectivity index (χ0v) is 13.9. The summed E-state index contributed by atoms with van der Waals surface area (Å²) < 4.78 is 5.48. The highest BCUT2D eigenvalue weighted by Crippen LogP contribution is 2.32. The molecule has 0 unspecified atom stereocenters. The second-order valence-corrected chi connectivity index (χ2v) is 6.20.